The smallest absolute Gasteiger partial charge is 0.335 e. The number of hydrogen-bond acceptors (Lipinski definition) is 4. The largest absolute Gasteiger partial charge is 0.478 e. The number of aromatic carboxylic acids is 1. The van der Waals surface area contributed by atoms with Gasteiger partial charge in [-0.1, -0.05) is 0 Å². The number of methoxy groups -OCH3 is 1. The van der Waals surface area contributed by atoms with Crippen LogP contribution in [0.4, 0.5) is 4.79 Å². The molecular formula is C14H19N3O4. The van der Waals surface area contributed by atoms with Gasteiger partial charge in [0.15, 0.2) is 0 Å². The van der Waals surface area contributed by atoms with E-state index in [2.05, 4.69) is 10.3 Å². The molecule has 0 saturated carbocycles. The molecule has 2 rings (SSSR count). The van der Waals surface area contributed by atoms with Crippen molar-refractivity contribution >= 4 is 12.0 Å². The third-order valence-electron chi connectivity index (χ3n) is 3.55. The summed E-state index contributed by atoms with van der Waals surface area (Å²) in [6, 6.07) is 2.72. The first-order valence-electron chi connectivity index (χ1n) is 6.84. The molecule has 1 saturated heterocycles. The van der Waals surface area contributed by atoms with Gasteiger partial charge in [0.25, 0.3) is 0 Å². The Bertz CT molecular complexity index is 513. The Morgan fingerprint density at radius 1 is 1.48 bits per heavy atom. The average Bonchev–Trinajstić information content (AvgIpc) is 2.53. The monoisotopic (exact) mass is 293 g/mol. The lowest BCUT2D eigenvalue weighted by Crippen LogP contribution is -2.45. The number of urea groups is 1. The molecule has 2 N–H and O–H groups in total. The van der Waals surface area contributed by atoms with Gasteiger partial charge in [-0.15, -0.1) is 0 Å². The van der Waals surface area contributed by atoms with E-state index in [1.807, 2.05) is 0 Å². The van der Waals surface area contributed by atoms with E-state index in [0.29, 0.717) is 18.8 Å². The molecule has 1 aliphatic rings. The van der Waals surface area contributed by atoms with Crippen molar-refractivity contribution in [3.05, 3.63) is 29.6 Å². The van der Waals surface area contributed by atoms with Crippen LogP contribution in [-0.4, -0.2) is 53.3 Å². The lowest BCUT2D eigenvalue weighted by molar-refractivity contribution is 0.0503. The Balaban J connectivity index is 1.84. The lowest BCUT2D eigenvalue weighted by Gasteiger charge is -2.31. The number of carboxylic acids is 1. The molecule has 1 fully saturated rings. The van der Waals surface area contributed by atoms with Gasteiger partial charge in [0.1, 0.15) is 0 Å². The average molecular weight is 293 g/mol. The molecule has 1 aromatic heterocycles. The SMILES string of the molecule is COC1CCN(C(=O)NCc2cc(C(=O)O)ccn2)CC1. The maximum atomic E-state index is 12.0. The number of likely N-dealkylation sites (tertiary alicyclic amines) is 1. The number of nitrogens with zero attached hydrogens (tertiary/aromatic N) is 2. The number of aromatic nitrogens is 1. The van der Waals surface area contributed by atoms with Gasteiger partial charge in [-0.05, 0) is 25.0 Å². The summed E-state index contributed by atoms with van der Waals surface area (Å²) in [5.41, 5.74) is 0.685. The molecule has 2 amide bonds. The first kappa shape index (κ1) is 15.2. The first-order valence-corrected chi connectivity index (χ1v) is 6.84. The van der Waals surface area contributed by atoms with Crippen LogP contribution < -0.4 is 5.32 Å². The van der Waals surface area contributed by atoms with Gasteiger partial charge in [-0.3, -0.25) is 4.98 Å². The zero-order valence-corrected chi connectivity index (χ0v) is 11.9. The quantitative estimate of drug-likeness (QED) is 0.867. The van der Waals surface area contributed by atoms with Gasteiger partial charge >= 0.3 is 12.0 Å². The fraction of sp³-hybridized carbons (Fsp3) is 0.500. The number of pyridine rings is 1. The number of ether oxygens (including phenoxy) is 1. The summed E-state index contributed by atoms with van der Waals surface area (Å²) >= 11 is 0. The van der Waals surface area contributed by atoms with Crippen molar-refractivity contribution in [1.29, 1.82) is 0 Å². The van der Waals surface area contributed by atoms with Crippen LogP contribution in [0.25, 0.3) is 0 Å². The number of carboxylic acid groups (broad SMARTS) is 1. The van der Waals surface area contributed by atoms with E-state index in [1.54, 1.807) is 12.0 Å². The molecule has 0 radical (unpaired) electrons. The summed E-state index contributed by atoms with van der Waals surface area (Å²) in [6.45, 7) is 1.53. The highest BCUT2D eigenvalue weighted by atomic mass is 16.5. The van der Waals surface area contributed by atoms with Crippen LogP contribution in [0.3, 0.4) is 0 Å². The van der Waals surface area contributed by atoms with Crippen LogP contribution in [0, 0.1) is 0 Å². The van der Waals surface area contributed by atoms with Gasteiger partial charge in [-0.25, -0.2) is 9.59 Å². The Kier molecular flexibility index (Phi) is 5.10. The van der Waals surface area contributed by atoms with E-state index in [-0.39, 0.29) is 24.2 Å². The highest BCUT2D eigenvalue weighted by Crippen LogP contribution is 2.12. The minimum absolute atomic E-state index is 0.160. The molecule has 0 aromatic carbocycles. The van der Waals surface area contributed by atoms with E-state index < -0.39 is 5.97 Å². The van der Waals surface area contributed by atoms with E-state index in [1.165, 1.54) is 18.3 Å². The standard InChI is InChI=1S/C14H19N3O4/c1-21-12-3-6-17(7-4-12)14(20)16-9-11-8-10(13(18)19)2-5-15-11/h2,5,8,12H,3-4,6-7,9H2,1H3,(H,16,20)(H,18,19). The summed E-state index contributed by atoms with van der Waals surface area (Å²) in [4.78, 5) is 28.7. The minimum Gasteiger partial charge on any atom is -0.478 e. The van der Waals surface area contributed by atoms with Gasteiger partial charge in [0.2, 0.25) is 0 Å². The predicted octanol–water partition coefficient (Wildman–Crippen LogP) is 1.10. The Labute approximate surface area is 122 Å². The molecule has 21 heavy (non-hydrogen) atoms. The van der Waals surface area contributed by atoms with E-state index >= 15 is 0 Å². The van der Waals surface area contributed by atoms with Crippen molar-refractivity contribution in [2.24, 2.45) is 0 Å². The normalized spacial score (nSPS) is 15.8. The zero-order chi connectivity index (χ0) is 15.2. The Hall–Kier alpha value is -2.15. The second kappa shape index (κ2) is 7.03. The highest BCUT2D eigenvalue weighted by molar-refractivity contribution is 5.87. The van der Waals surface area contributed by atoms with Crippen LogP contribution in [0.2, 0.25) is 0 Å². The highest BCUT2D eigenvalue weighted by Gasteiger charge is 2.22. The molecule has 0 spiro atoms. The van der Waals surface area contributed by atoms with Crippen molar-refractivity contribution < 1.29 is 19.4 Å². The number of nitrogens with one attached hydrogen (secondary N) is 1. The van der Waals surface area contributed by atoms with Gasteiger partial charge < -0.3 is 20.1 Å². The molecule has 0 bridgehead atoms. The fourth-order valence-electron chi connectivity index (χ4n) is 2.28. The van der Waals surface area contributed by atoms with Gasteiger partial charge in [-0.2, -0.15) is 0 Å². The third-order valence-corrected chi connectivity index (χ3v) is 3.55. The summed E-state index contributed by atoms with van der Waals surface area (Å²) in [7, 11) is 1.68. The van der Waals surface area contributed by atoms with E-state index in [0.717, 1.165) is 12.8 Å². The van der Waals surface area contributed by atoms with Crippen molar-refractivity contribution in [3.63, 3.8) is 0 Å². The number of amides is 2. The van der Waals surface area contributed by atoms with Crippen LogP contribution >= 0.6 is 0 Å². The summed E-state index contributed by atoms with van der Waals surface area (Å²) < 4.78 is 5.26. The third kappa shape index (κ3) is 4.16. The maximum Gasteiger partial charge on any atom is 0.335 e. The Morgan fingerprint density at radius 2 is 2.19 bits per heavy atom. The topological polar surface area (TPSA) is 91.8 Å². The molecule has 7 heteroatoms. The number of piperidine rings is 1. The van der Waals surface area contributed by atoms with Crippen molar-refractivity contribution in [3.8, 4) is 0 Å². The fourth-order valence-corrected chi connectivity index (χ4v) is 2.28. The second-order valence-corrected chi connectivity index (χ2v) is 4.92. The molecule has 0 aliphatic carbocycles. The van der Waals surface area contributed by atoms with Gasteiger partial charge in [0, 0.05) is 26.4 Å². The van der Waals surface area contributed by atoms with Crippen LogP contribution in [-0.2, 0) is 11.3 Å². The predicted molar refractivity (Wildman–Crippen MR) is 75.0 cm³/mol. The molecule has 0 unspecified atom stereocenters. The van der Waals surface area contributed by atoms with Crippen molar-refractivity contribution in [2.75, 3.05) is 20.2 Å². The molecule has 1 aromatic rings. The van der Waals surface area contributed by atoms with Gasteiger partial charge in [0.05, 0.1) is 23.9 Å². The molecule has 2 heterocycles. The number of carbonyl (C=O) groups excluding carboxylic acids is 1. The summed E-state index contributed by atoms with van der Waals surface area (Å²) in [6.07, 6.45) is 3.31. The summed E-state index contributed by atoms with van der Waals surface area (Å²) in [5.74, 6) is -1.01. The van der Waals surface area contributed by atoms with Crippen molar-refractivity contribution in [1.82, 2.24) is 15.2 Å². The number of carbonyl (C=O) groups is 2. The van der Waals surface area contributed by atoms with Crippen LogP contribution in [0.15, 0.2) is 18.3 Å². The zero-order valence-electron chi connectivity index (χ0n) is 11.9. The second-order valence-electron chi connectivity index (χ2n) is 4.92. The number of rotatable bonds is 4. The molecule has 1 aliphatic heterocycles. The number of hydrogen-bond donors (Lipinski definition) is 2. The first-order chi connectivity index (χ1) is 10.1. The lowest BCUT2D eigenvalue weighted by atomic mass is 10.1. The van der Waals surface area contributed by atoms with Crippen LogP contribution in [0.5, 0.6) is 0 Å². The van der Waals surface area contributed by atoms with Crippen molar-refractivity contribution in [2.45, 2.75) is 25.5 Å². The minimum atomic E-state index is -1.01. The van der Waals surface area contributed by atoms with E-state index in [4.69, 9.17) is 9.84 Å². The molecule has 0 atom stereocenters. The molecule has 7 nitrogen and oxygen atoms in total. The summed E-state index contributed by atoms with van der Waals surface area (Å²) in [5, 5.41) is 11.7. The Morgan fingerprint density at radius 3 is 2.81 bits per heavy atom. The van der Waals surface area contributed by atoms with E-state index in [9.17, 15) is 9.59 Å². The van der Waals surface area contributed by atoms with Crippen LogP contribution in [0.1, 0.15) is 28.9 Å². The maximum absolute atomic E-state index is 12.0. The molecule has 114 valence electrons. The molecular weight excluding hydrogens is 274 g/mol.